The Kier molecular flexibility index (Phi) is 8.59. The second-order valence-corrected chi connectivity index (χ2v) is 4.85. The second-order valence-electron chi connectivity index (χ2n) is 4.85. The monoisotopic (exact) mass is 293 g/mol. The summed E-state index contributed by atoms with van der Waals surface area (Å²) in [5, 5.41) is 14.1. The number of aliphatic carboxylic acids is 1. The summed E-state index contributed by atoms with van der Waals surface area (Å²) in [6, 6.07) is 3.69. The fourth-order valence-corrected chi connectivity index (χ4v) is 1.89. The van der Waals surface area contributed by atoms with Crippen molar-refractivity contribution in [1.29, 1.82) is 0 Å². The Balaban J connectivity index is 1.93. The summed E-state index contributed by atoms with van der Waals surface area (Å²) in [4.78, 5) is 25.8. The third kappa shape index (κ3) is 9.43. The Labute approximate surface area is 125 Å². The van der Waals surface area contributed by atoms with Crippen molar-refractivity contribution in [3.63, 3.8) is 0 Å². The Morgan fingerprint density at radius 2 is 1.86 bits per heavy atom. The number of nitrogens with zero attached hydrogens (tertiary/aromatic N) is 1. The third-order valence-electron chi connectivity index (χ3n) is 3.03. The van der Waals surface area contributed by atoms with Crippen LogP contribution in [-0.4, -0.2) is 35.2 Å². The van der Waals surface area contributed by atoms with E-state index in [2.05, 4.69) is 15.6 Å². The average Bonchev–Trinajstić information content (AvgIpc) is 2.47. The maximum atomic E-state index is 11.5. The van der Waals surface area contributed by atoms with Gasteiger partial charge in [-0.05, 0) is 30.9 Å². The SMILES string of the molecule is O=C(O)CCCCCCNC(=O)NCCc1cccnc1. The number of aromatic nitrogens is 1. The molecule has 0 aromatic carbocycles. The van der Waals surface area contributed by atoms with E-state index in [1.54, 1.807) is 12.4 Å². The van der Waals surface area contributed by atoms with E-state index in [4.69, 9.17) is 5.11 Å². The smallest absolute Gasteiger partial charge is 0.314 e. The molecule has 0 radical (unpaired) electrons. The second kappa shape index (κ2) is 10.7. The van der Waals surface area contributed by atoms with Crippen LogP contribution in [0, 0.1) is 0 Å². The molecular formula is C15H23N3O3. The van der Waals surface area contributed by atoms with Gasteiger partial charge in [-0.25, -0.2) is 4.79 Å². The summed E-state index contributed by atoms with van der Waals surface area (Å²) in [5.74, 6) is -0.749. The van der Waals surface area contributed by atoms with E-state index < -0.39 is 5.97 Å². The van der Waals surface area contributed by atoms with Gasteiger partial charge in [0.2, 0.25) is 0 Å². The molecule has 2 amide bonds. The molecule has 3 N–H and O–H groups in total. The van der Waals surface area contributed by atoms with Gasteiger partial charge in [0.15, 0.2) is 0 Å². The third-order valence-corrected chi connectivity index (χ3v) is 3.03. The van der Waals surface area contributed by atoms with Crippen molar-refractivity contribution in [2.75, 3.05) is 13.1 Å². The summed E-state index contributed by atoms with van der Waals surface area (Å²) >= 11 is 0. The predicted octanol–water partition coefficient (Wildman–Crippen LogP) is 1.96. The first-order valence-corrected chi connectivity index (χ1v) is 7.31. The summed E-state index contributed by atoms with van der Waals surface area (Å²) in [7, 11) is 0. The highest BCUT2D eigenvalue weighted by Gasteiger charge is 2.00. The van der Waals surface area contributed by atoms with Gasteiger partial charge in [-0.3, -0.25) is 9.78 Å². The van der Waals surface area contributed by atoms with Crippen LogP contribution >= 0.6 is 0 Å². The lowest BCUT2D eigenvalue weighted by atomic mass is 10.1. The molecule has 6 nitrogen and oxygen atoms in total. The van der Waals surface area contributed by atoms with Crippen molar-refractivity contribution in [3.8, 4) is 0 Å². The van der Waals surface area contributed by atoms with Gasteiger partial charge in [-0.15, -0.1) is 0 Å². The minimum atomic E-state index is -0.749. The van der Waals surface area contributed by atoms with Crippen molar-refractivity contribution in [2.45, 2.75) is 38.5 Å². The van der Waals surface area contributed by atoms with Gasteiger partial charge in [-0.2, -0.15) is 0 Å². The predicted molar refractivity (Wildman–Crippen MR) is 80.1 cm³/mol. The molecule has 0 bridgehead atoms. The first-order chi connectivity index (χ1) is 10.2. The Bertz CT molecular complexity index is 423. The van der Waals surface area contributed by atoms with Gasteiger partial charge < -0.3 is 15.7 Å². The molecule has 0 saturated carbocycles. The number of carboxylic acids is 1. The number of unbranched alkanes of at least 4 members (excludes halogenated alkanes) is 3. The average molecular weight is 293 g/mol. The molecule has 0 spiro atoms. The topological polar surface area (TPSA) is 91.3 Å². The zero-order chi connectivity index (χ0) is 15.3. The summed E-state index contributed by atoms with van der Waals surface area (Å²) < 4.78 is 0. The number of hydrogen-bond acceptors (Lipinski definition) is 3. The highest BCUT2D eigenvalue weighted by atomic mass is 16.4. The van der Waals surface area contributed by atoms with E-state index in [0.717, 1.165) is 31.2 Å². The molecule has 0 atom stereocenters. The highest BCUT2D eigenvalue weighted by molar-refractivity contribution is 5.73. The van der Waals surface area contributed by atoms with Gasteiger partial charge in [0.1, 0.15) is 0 Å². The zero-order valence-electron chi connectivity index (χ0n) is 12.2. The molecule has 116 valence electrons. The minimum absolute atomic E-state index is 0.163. The Morgan fingerprint density at radius 1 is 1.10 bits per heavy atom. The number of pyridine rings is 1. The van der Waals surface area contributed by atoms with Gasteiger partial charge in [0.05, 0.1) is 0 Å². The zero-order valence-corrected chi connectivity index (χ0v) is 12.2. The largest absolute Gasteiger partial charge is 0.481 e. The van der Waals surface area contributed by atoms with Gasteiger partial charge in [-0.1, -0.05) is 18.9 Å². The minimum Gasteiger partial charge on any atom is -0.481 e. The van der Waals surface area contributed by atoms with Crippen molar-refractivity contribution in [1.82, 2.24) is 15.6 Å². The van der Waals surface area contributed by atoms with E-state index in [0.29, 0.717) is 19.5 Å². The number of amides is 2. The molecule has 0 saturated heterocycles. The quantitative estimate of drug-likeness (QED) is 0.575. The molecule has 0 aliphatic rings. The van der Waals surface area contributed by atoms with Crippen molar-refractivity contribution in [2.24, 2.45) is 0 Å². The van der Waals surface area contributed by atoms with Gasteiger partial charge in [0.25, 0.3) is 0 Å². The molecule has 0 unspecified atom stereocenters. The molecule has 1 aromatic heterocycles. The van der Waals surface area contributed by atoms with E-state index >= 15 is 0 Å². The number of carbonyl (C=O) groups excluding carboxylic acids is 1. The van der Waals surface area contributed by atoms with Crippen LogP contribution < -0.4 is 10.6 Å². The van der Waals surface area contributed by atoms with Gasteiger partial charge >= 0.3 is 12.0 Å². The van der Waals surface area contributed by atoms with Crippen molar-refractivity contribution >= 4 is 12.0 Å². The Hall–Kier alpha value is -2.11. The van der Waals surface area contributed by atoms with Crippen LogP contribution in [0.2, 0.25) is 0 Å². The van der Waals surface area contributed by atoms with E-state index in [9.17, 15) is 9.59 Å². The molecule has 21 heavy (non-hydrogen) atoms. The lowest BCUT2D eigenvalue weighted by Crippen LogP contribution is -2.37. The molecule has 1 aromatic rings. The van der Waals surface area contributed by atoms with Crippen LogP contribution in [0.3, 0.4) is 0 Å². The Morgan fingerprint density at radius 3 is 2.57 bits per heavy atom. The van der Waals surface area contributed by atoms with Crippen molar-refractivity contribution < 1.29 is 14.7 Å². The molecule has 6 heteroatoms. The maximum Gasteiger partial charge on any atom is 0.314 e. The fraction of sp³-hybridized carbons (Fsp3) is 0.533. The molecular weight excluding hydrogens is 270 g/mol. The van der Waals surface area contributed by atoms with E-state index in [1.165, 1.54) is 0 Å². The standard InChI is InChI=1S/C15H23N3O3/c19-14(20)7-3-1-2-4-10-17-15(21)18-11-8-13-6-5-9-16-12-13/h5-6,9,12H,1-4,7-8,10-11H2,(H,19,20)(H2,17,18,21). The van der Waals surface area contributed by atoms with Crippen LogP contribution in [0.5, 0.6) is 0 Å². The van der Waals surface area contributed by atoms with Crippen molar-refractivity contribution in [3.05, 3.63) is 30.1 Å². The number of carbonyl (C=O) groups is 2. The van der Waals surface area contributed by atoms with Crippen LogP contribution in [-0.2, 0) is 11.2 Å². The van der Waals surface area contributed by atoms with E-state index in [-0.39, 0.29) is 12.5 Å². The number of urea groups is 1. The van der Waals surface area contributed by atoms with Crippen LogP contribution in [0.1, 0.15) is 37.7 Å². The van der Waals surface area contributed by atoms with Gasteiger partial charge in [0, 0.05) is 31.9 Å². The number of nitrogens with one attached hydrogen (secondary N) is 2. The molecule has 0 aliphatic carbocycles. The number of rotatable bonds is 10. The van der Waals surface area contributed by atoms with E-state index in [1.807, 2.05) is 12.1 Å². The first kappa shape index (κ1) is 16.9. The van der Waals surface area contributed by atoms with Crippen LogP contribution in [0.15, 0.2) is 24.5 Å². The first-order valence-electron chi connectivity index (χ1n) is 7.31. The fourth-order valence-electron chi connectivity index (χ4n) is 1.89. The normalized spacial score (nSPS) is 10.1. The molecule has 0 fully saturated rings. The molecule has 1 rings (SSSR count). The molecule has 1 heterocycles. The lowest BCUT2D eigenvalue weighted by molar-refractivity contribution is -0.137. The number of carboxylic acid groups (broad SMARTS) is 1. The summed E-state index contributed by atoms with van der Waals surface area (Å²) in [6.45, 7) is 1.20. The summed E-state index contributed by atoms with van der Waals surface area (Å²) in [5.41, 5.74) is 1.09. The summed E-state index contributed by atoms with van der Waals surface area (Å²) in [6.07, 6.45) is 7.89. The lowest BCUT2D eigenvalue weighted by Gasteiger charge is -2.07. The molecule has 0 aliphatic heterocycles. The maximum absolute atomic E-state index is 11.5. The van der Waals surface area contributed by atoms with Crippen LogP contribution in [0.25, 0.3) is 0 Å². The number of hydrogen-bond donors (Lipinski definition) is 3. The highest BCUT2D eigenvalue weighted by Crippen LogP contribution is 2.02. The van der Waals surface area contributed by atoms with Crippen LogP contribution in [0.4, 0.5) is 4.79 Å².